The molecule has 1 aromatic carbocycles. The summed E-state index contributed by atoms with van der Waals surface area (Å²) >= 11 is 3.45. The monoisotopic (exact) mass is 394 g/mol. The number of benzene rings is 1. The van der Waals surface area contributed by atoms with Gasteiger partial charge in [0.25, 0.3) is 5.91 Å². The number of amides is 1. The van der Waals surface area contributed by atoms with Crippen molar-refractivity contribution in [2.75, 3.05) is 6.54 Å². The Morgan fingerprint density at radius 2 is 2.12 bits per heavy atom. The Bertz CT molecular complexity index is 670. The number of hydrogen-bond acceptors (Lipinski definition) is 4. The zero-order valence-electron chi connectivity index (χ0n) is 14.1. The molecule has 0 unspecified atom stereocenters. The van der Waals surface area contributed by atoms with Gasteiger partial charge in [-0.15, -0.1) is 0 Å². The van der Waals surface area contributed by atoms with Crippen LogP contribution in [0.2, 0.25) is 0 Å². The molecule has 1 amide bonds. The second-order valence-corrected chi connectivity index (χ2v) is 6.54. The van der Waals surface area contributed by atoms with E-state index in [0.29, 0.717) is 30.2 Å². The first kappa shape index (κ1) is 18.5. The number of nitrogens with zero attached hydrogens (tertiary/aromatic N) is 1. The molecule has 6 heteroatoms. The van der Waals surface area contributed by atoms with Crippen LogP contribution >= 0.6 is 15.9 Å². The third-order valence-corrected chi connectivity index (χ3v) is 4.18. The zero-order valence-corrected chi connectivity index (χ0v) is 15.7. The molecule has 0 saturated heterocycles. The number of halogens is 1. The van der Waals surface area contributed by atoms with E-state index in [-0.39, 0.29) is 5.91 Å². The summed E-state index contributed by atoms with van der Waals surface area (Å²) in [6.45, 7) is 5.03. The van der Waals surface area contributed by atoms with Crippen molar-refractivity contribution in [1.29, 1.82) is 0 Å². The molecule has 24 heavy (non-hydrogen) atoms. The van der Waals surface area contributed by atoms with Gasteiger partial charge in [-0.1, -0.05) is 31.3 Å². The van der Waals surface area contributed by atoms with Gasteiger partial charge in [-0.05, 0) is 47.5 Å². The number of unbranched alkanes of at least 4 members (excludes halogenated alkanes) is 3. The summed E-state index contributed by atoms with van der Waals surface area (Å²) in [7, 11) is 0. The summed E-state index contributed by atoms with van der Waals surface area (Å²) < 4.78 is 11.5. The second-order valence-electron chi connectivity index (χ2n) is 5.69. The van der Waals surface area contributed by atoms with E-state index in [1.54, 1.807) is 18.2 Å². The van der Waals surface area contributed by atoms with Crippen LogP contribution in [0.5, 0.6) is 5.75 Å². The Morgan fingerprint density at radius 3 is 2.79 bits per heavy atom. The van der Waals surface area contributed by atoms with Crippen LogP contribution in [0.1, 0.15) is 54.4 Å². The molecule has 0 radical (unpaired) electrons. The third-order valence-electron chi connectivity index (χ3n) is 3.56. The maximum Gasteiger partial charge on any atom is 0.251 e. The van der Waals surface area contributed by atoms with Gasteiger partial charge in [0.2, 0.25) is 0 Å². The highest BCUT2D eigenvalue weighted by molar-refractivity contribution is 9.10. The van der Waals surface area contributed by atoms with E-state index in [9.17, 15) is 4.79 Å². The van der Waals surface area contributed by atoms with Crippen LogP contribution in [-0.4, -0.2) is 17.6 Å². The maximum absolute atomic E-state index is 12.1. The smallest absolute Gasteiger partial charge is 0.251 e. The first-order chi connectivity index (χ1) is 11.6. The number of hydrogen-bond donors (Lipinski definition) is 1. The van der Waals surface area contributed by atoms with Crippen molar-refractivity contribution in [1.82, 2.24) is 10.5 Å². The van der Waals surface area contributed by atoms with E-state index in [0.717, 1.165) is 23.0 Å². The molecule has 1 heterocycles. The lowest BCUT2D eigenvalue weighted by molar-refractivity contribution is 0.0953. The fraction of sp³-hybridized carbons (Fsp3) is 0.444. The summed E-state index contributed by atoms with van der Waals surface area (Å²) in [6.07, 6.45) is 4.56. The predicted octanol–water partition coefficient (Wildman–Crippen LogP) is 4.63. The lowest BCUT2D eigenvalue weighted by atomic mass is 10.2. The van der Waals surface area contributed by atoms with E-state index < -0.39 is 0 Å². The standard InChI is InChI=1S/C18H23BrN2O3/c1-3-4-5-6-9-20-18(22)14-7-8-17(16(19)11-14)23-12-15-10-13(2)21-24-15/h7-8,10-11H,3-6,9,12H2,1-2H3,(H,20,22). The molecule has 130 valence electrons. The Balaban J connectivity index is 1.85. The molecule has 0 saturated carbocycles. The van der Waals surface area contributed by atoms with E-state index in [1.807, 2.05) is 13.0 Å². The molecule has 1 aromatic heterocycles. The highest BCUT2D eigenvalue weighted by Gasteiger charge is 2.10. The van der Waals surface area contributed by atoms with Crippen LogP contribution in [0.3, 0.4) is 0 Å². The van der Waals surface area contributed by atoms with Crippen molar-refractivity contribution in [3.05, 3.63) is 45.8 Å². The molecule has 2 aromatic rings. The van der Waals surface area contributed by atoms with Crippen molar-refractivity contribution < 1.29 is 14.1 Å². The van der Waals surface area contributed by atoms with E-state index in [2.05, 4.69) is 33.3 Å². The third kappa shape index (κ3) is 5.67. The number of rotatable bonds is 9. The number of carbonyl (C=O) groups is 1. The molecule has 0 atom stereocenters. The Kier molecular flexibility index (Phi) is 7.31. The normalized spacial score (nSPS) is 10.6. The van der Waals surface area contributed by atoms with Crippen LogP contribution in [0, 0.1) is 6.92 Å². The molecule has 1 N–H and O–H groups in total. The van der Waals surface area contributed by atoms with Gasteiger partial charge in [-0.25, -0.2) is 0 Å². The molecule has 0 fully saturated rings. The molecule has 0 aliphatic rings. The first-order valence-corrected chi connectivity index (χ1v) is 9.02. The van der Waals surface area contributed by atoms with Gasteiger partial charge in [0.05, 0.1) is 10.2 Å². The molecule has 0 aliphatic carbocycles. The molecule has 2 rings (SSSR count). The molecular weight excluding hydrogens is 372 g/mol. The largest absolute Gasteiger partial charge is 0.484 e. The minimum Gasteiger partial charge on any atom is -0.484 e. The minimum absolute atomic E-state index is 0.0652. The highest BCUT2D eigenvalue weighted by atomic mass is 79.9. The van der Waals surface area contributed by atoms with Crippen molar-refractivity contribution in [2.45, 2.75) is 46.1 Å². The van der Waals surface area contributed by atoms with E-state index in [4.69, 9.17) is 9.26 Å². The van der Waals surface area contributed by atoms with E-state index >= 15 is 0 Å². The number of carbonyl (C=O) groups excluding carboxylic acids is 1. The number of aryl methyl sites for hydroxylation is 1. The first-order valence-electron chi connectivity index (χ1n) is 8.23. The fourth-order valence-electron chi connectivity index (χ4n) is 2.25. The SMILES string of the molecule is CCCCCCNC(=O)c1ccc(OCc2cc(C)no2)c(Br)c1. The number of aromatic nitrogens is 1. The Labute approximate surface area is 150 Å². The summed E-state index contributed by atoms with van der Waals surface area (Å²) in [4.78, 5) is 12.1. The number of nitrogens with one attached hydrogen (secondary N) is 1. The van der Waals surface area contributed by atoms with Gasteiger partial charge < -0.3 is 14.6 Å². The summed E-state index contributed by atoms with van der Waals surface area (Å²) in [5, 5.41) is 6.76. The van der Waals surface area contributed by atoms with E-state index in [1.165, 1.54) is 12.8 Å². The lowest BCUT2D eigenvalue weighted by Crippen LogP contribution is -2.24. The molecule has 0 bridgehead atoms. The molecule has 5 nitrogen and oxygen atoms in total. The Hall–Kier alpha value is -1.82. The van der Waals surface area contributed by atoms with Crippen molar-refractivity contribution in [3.8, 4) is 5.75 Å². The van der Waals surface area contributed by atoms with Crippen LogP contribution in [0.25, 0.3) is 0 Å². The fourth-order valence-corrected chi connectivity index (χ4v) is 2.74. The molecule has 0 aliphatic heterocycles. The zero-order chi connectivity index (χ0) is 17.4. The summed E-state index contributed by atoms with van der Waals surface area (Å²) in [5.41, 5.74) is 1.43. The van der Waals surface area contributed by atoms with Gasteiger partial charge >= 0.3 is 0 Å². The summed E-state index contributed by atoms with van der Waals surface area (Å²) in [6, 6.07) is 7.13. The predicted molar refractivity (Wildman–Crippen MR) is 96.2 cm³/mol. The molecule has 0 spiro atoms. The average Bonchev–Trinajstić information content (AvgIpc) is 2.98. The quantitative estimate of drug-likeness (QED) is 0.629. The van der Waals surface area contributed by atoms with Gasteiger partial charge in [0.15, 0.2) is 5.76 Å². The minimum atomic E-state index is -0.0652. The van der Waals surface area contributed by atoms with Crippen molar-refractivity contribution in [2.24, 2.45) is 0 Å². The van der Waals surface area contributed by atoms with Crippen LogP contribution in [0.4, 0.5) is 0 Å². The summed E-state index contributed by atoms with van der Waals surface area (Å²) in [5.74, 6) is 1.25. The Morgan fingerprint density at radius 1 is 1.29 bits per heavy atom. The molecular formula is C18H23BrN2O3. The lowest BCUT2D eigenvalue weighted by Gasteiger charge is -2.09. The van der Waals surface area contributed by atoms with Gasteiger partial charge in [0, 0.05) is 18.2 Å². The van der Waals surface area contributed by atoms with Crippen molar-refractivity contribution in [3.63, 3.8) is 0 Å². The average molecular weight is 395 g/mol. The second kappa shape index (κ2) is 9.47. The van der Waals surface area contributed by atoms with Crippen LogP contribution < -0.4 is 10.1 Å². The van der Waals surface area contributed by atoms with Crippen LogP contribution in [0.15, 0.2) is 33.3 Å². The number of ether oxygens (including phenoxy) is 1. The van der Waals surface area contributed by atoms with Gasteiger partial charge in [0.1, 0.15) is 12.4 Å². The topological polar surface area (TPSA) is 64.4 Å². The van der Waals surface area contributed by atoms with Gasteiger partial charge in [-0.2, -0.15) is 0 Å². The van der Waals surface area contributed by atoms with Crippen molar-refractivity contribution >= 4 is 21.8 Å². The van der Waals surface area contributed by atoms with Gasteiger partial charge in [-0.3, -0.25) is 4.79 Å². The van der Waals surface area contributed by atoms with Crippen LogP contribution in [-0.2, 0) is 6.61 Å². The highest BCUT2D eigenvalue weighted by Crippen LogP contribution is 2.27. The maximum atomic E-state index is 12.1.